The summed E-state index contributed by atoms with van der Waals surface area (Å²) in [5.41, 5.74) is 0.874. The quantitative estimate of drug-likeness (QED) is 0.537. The maximum Gasteiger partial charge on any atom is 0.303 e. The van der Waals surface area contributed by atoms with E-state index in [0.29, 0.717) is 25.2 Å². The summed E-state index contributed by atoms with van der Waals surface area (Å²) in [4.78, 5) is 11.1. The minimum Gasteiger partial charge on any atom is -0.481 e. The minimum atomic E-state index is -0.756. The fourth-order valence-electron chi connectivity index (χ4n) is 8.12. The van der Waals surface area contributed by atoms with Gasteiger partial charge in [-0.15, -0.1) is 0 Å². The lowest BCUT2D eigenvalue weighted by Crippen LogP contribution is -2.59. The van der Waals surface area contributed by atoms with Crippen LogP contribution in [-0.2, 0) is 4.79 Å². The number of aliphatic hydroxyl groups excluding tert-OH is 3. The average Bonchev–Trinajstić information content (AvgIpc) is 3.01. The van der Waals surface area contributed by atoms with Crippen LogP contribution in [0.5, 0.6) is 0 Å². The third-order valence-corrected chi connectivity index (χ3v) is 9.78. The third-order valence-electron chi connectivity index (χ3n) is 9.78. The first kappa shape index (κ1) is 21.3. The van der Waals surface area contributed by atoms with Crippen molar-refractivity contribution in [3.05, 3.63) is 11.6 Å². The number of aliphatic hydroxyl groups is 3. The van der Waals surface area contributed by atoms with Crippen LogP contribution < -0.4 is 0 Å². The van der Waals surface area contributed by atoms with Crippen LogP contribution in [0.2, 0.25) is 0 Å². The van der Waals surface area contributed by atoms with Gasteiger partial charge < -0.3 is 20.4 Å². The van der Waals surface area contributed by atoms with Gasteiger partial charge in [0.15, 0.2) is 0 Å². The smallest absolute Gasteiger partial charge is 0.303 e. The van der Waals surface area contributed by atoms with Crippen LogP contribution in [-0.4, -0.2) is 44.7 Å². The molecule has 0 heterocycles. The molecular formula is C24H38O5. The Labute approximate surface area is 174 Å². The van der Waals surface area contributed by atoms with E-state index >= 15 is 0 Å². The van der Waals surface area contributed by atoms with Crippen LogP contribution in [0.1, 0.15) is 72.1 Å². The summed E-state index contributed by atoms with van der Waals surface area (Å²) >= 11 is 0. The van der Waals surface area contributed by atoms with Gasteiger partial charge in [-0.3, -0.25) is 4.79 Å². The zero-order valence-electron chi connectivity index (χ0n) is 18.1. The van der Waals surface area contributed by atoms with Crippen LogP contribution in [0.15, 0.2) is 11.6 Å². The van der Waals surface area contributed by atoms with Crippen molar-refractivity contribution in [3.63, 3.8) is 0 Å². The molecule has 4 aliphatic carbocycles. The highest BCUT2D eigenvalue weighted by Gasteiger charge is 2.64. The molecule has 4 aliphatic rings. The summed E-state index contributed by atoms with van der Waals surface area (Å²) in [6.07, 6.45) is 6.64. The van der Waals surface area contributed by atoms with Crippen LogP contribution in [0.25, 0.3) is 0 Å². The van der Waals surface area contributed by atoms with Crippen molar-refractivity contribution in [1.29, 1.82) is 0 Å². The molecule has 4 rings (SSSR count). The number of rotatable bonds is 4. The lowest BCUT2D eigenvalue weighted by molar-refractivity contribution is -0.158. The van der Waals surface area contributed by atoms with E-state index in [-0.39, 0.29) is 47.0 Å². The van der Waals surface area contributed by atoms with Gasteiger partial charge in [0.2, 0.25) is 0 Å². The molecule has 164 valence electrons. The van der Waals surface area contributed by atoms with Crippen molar-refractivity contribution < 1.29 is 25.2 Å². The molecule has 3 fully saturated rings. The minimum absolute atomic E-state index is 0.0432. The first-order valence-corrected chi connectivity index (χ1v) is 11.6. The van der Waals surface area contributed by atoms with Crippen molar-refractivity contribution >= 4 is 5.97 Å². The van der Waals surface area contributed by atoms with E-state index in [1.807, 2.05) is 6.08 Å². The third kappa shape index (κ3) is 3.19. The Kier molecular flexibility index (Phi) is 5.40. The van der Waals surface area contributed by atoms with Crippen LogP contribution in [0.3, 0.4) is 0 Å². The topological polar surface area (TPSA) is 98.0 Å². The van der Waals surface area contributed by atoms with Gasteiger partial charge in [0, 0.05) is 6.42 Å². The number of hydrogen-bond donors (Lipinski definition) is 4. The van der Waals surface area contributed by atoms with Crippen molar-refractivity contribution in [2.75, 3.05) is 0 Å². The first-order valence-electron chi connectivity index (χ1n) is 11.6. The Balaban J connectivity index is 1.64. The Morgan fingerprint density at radius 3 is 2.59 bits per heavy atom. The second-order valence-electron chi connectivity index (χ2n) is 11.0. The molecule has 0 saturated heterocycles. The number of fused-ring (bicyclic) bond motifs is 5. The fourth-order valence-corrected chi connectivity index (χ4v) is 8.12. The Morgan fingerprint density at radius 1 is 1.17 bits per heavy atom. The van der Waals surface area contributed by atoms with Gasteiger partial charge in [-0.1, -0.05) is 32.4 Å². The van der Waals surface area contributed by atoms with E-state index < -0.39 is 18.2 Å². The highest BCUT2D eigenvalue weighted by Crippen LogP contribution is 2.67. The van der Waals surface area contributed by atoms with Gasteiger partial charge in [0.1, 0.15) is 0 Å². The number of carbonyl (C=O) groups is 1. The Hall–Kier alpha value is -0.910. The predicted octanol–water partition coefficient (Wildman–Crippen LogP) is 3.37. The van der Waals surface area contributed by atoms with Crippen LogP contribution >= 0.6 is 0 Å². The zero-order chi connectivity index (χ0) is 21.1. The van der Waals surface area contributed by atoms with E-state index in [1.54, 1.807) is 0 Å². The Bertz CT molecular complexity index is 689. The second kappa shape index (κ2) is 7.35. The van der Waals surface area contributed by atoms with Crippen LogP contribution in [0, 0.1) is 40.4 Å². The van der Waals surface area contributed by atoms with E-state index in [4.69, 9.17) is 5.11 Å². The Morgan fingerprint density at radius 2 is 1.90 bits per heavy atom. The fraction of sp³-hybridized carbons (Fsp3) is 0.875. The van der Waals surface area contributed by atoms with Gasteiger partial charge in [0.05, 0.1) is 18.3 Å². The second-order valence-corrected chi connectivity index (χ2v) is 11.0. The summed E-state index contributed by atoms with van der Waals surface area (Å²) in [5.74, 6) is 0.426. The maximum atomic E-state index is 11.5. The number of hydrogen-bond acceptors (Lipinski definition) is 4. The van der Waals surface area contributed by atoms with E-state index in [1.165, 1.54) is 5.57 Å². The molecule has 0 aliphatic heterocycles. The number of aliphatic carboxylic acids is 1. The molecule has 0 aromatic rings. The molecule has 0 unspecified atom stereocenters. The molecule has 10 atom stereocenters. The monoisotopic (exact) mass is 406 g/mol. The van der Waals surface area contributed by atoms with Crippen LogP contribution in [0.4, 0.5) is 0 Å². The SMILES string of the molecule is C[C@H](CCC(=O)O)[C@@H]1CC[C@@H]2[C@H]3[C@H](O)C=C4C[C@@H](O)CC[C@]4(C)[C@@H]3C[C@@H](O)[C@@]21C. The molecule has 5 nitrogen and oxygen atoms in total. The highest BCUT2D eigenvalue weighted by molar-refractivity contribution is 5.66. The number of carboxylic acid groups (broad SMARTS) is 1. The average molecular weight is 407 g/mol. The number of carboxylic acids is 1. The van der Waals surface area contributed by atoms with Crippen molar-refractivity contribution in [1.82, 2.24) is 0 Å². The van der Waals surface area contributed by atoms with Crippen molar-refractivity contribution in [2.24, 2.45) is 40.4 Å². The normalized spacial score (nSPS) is 50.1. The highest BCUT2D eigenvalue weighted by atomic mass is 16.4. The van der Waals surface area contributed by atoms with E-state index in [9.17, 15) is 20.1 Å². The summed E-state index contributed by atoms with van der Waals surface area (Å²) < 4.78 is 0. The van der Waals surface area contributed by atoms with Crippen molar-refractivity contribution in [3.8, 4) is 0 Å². The van der Waals surface area contributed by atoms with E-state index in [0.717, 1.165) is 25.7 Å². The molecule has 0 aromatic heterocycles. The lowest BCUT2D eigenvalue weighted by atomic mass is 9.45. The largest absolute Gasteiger partial charge is 0.481 e. The molecule has 3 saturated carbocycles. The van der Waals surface area contributed by atoms with Gasteiger partial charge in [0.25, 0.3) is 0 Å². The molecule has 29 heavy (non-hydrogen) atoms. The molecular weight excluding hydrogens is 368 g/mol. The molecule has 0 aromatic carbocycles. The van der Waals surface area contributed by atoms with Gasteiger partial charge in [-0.2, -0.15) is 0 Å². The molecule has 5 heteroatoms. The molecule has 0 spiro atoms. The summed E-state index contributed by atoms with van der Waals surface area (Å²) in [5, 5.41) is 41.9. The summed E-state index contributed by atoms with van der Waals surface area (Å²) in [6.45, 7) is 6.62. The molecule has 0 bridgehead atoms. The maximum absolute atomic E-state index is 11.5. The standard InChI is InChI=1S/C24H38O5/c1-13(4-7-21(28)29)16-5-6-17-22-18(12-20(27)24(16,17)3)23(2)9-8-15(25)10-14(23)11-19(22)26/h11,13,15-20,22,25-27H,4-10,12H2,1-3H3,(H,28,29)/t13-,15+,16+,17-,18-,19-,20-,22-,23+,24-/m1/s1. The molecule has 4 N–H and O–H groups in total. The summed E-state index contributed by atoms with van der Waals surface area (Å²) in [7, 11) is 0. The van der Waals surface area contributed by atoms with Gasteiger partial charge >= 0.3 is 5.97 Å². The molecule has 0 amide bonds. The molecule has 0 radical (unpaired) electrons. The lowest BCUT2D eigenvalue weighted by Gasteiger charge is -2.61. The zero-order valence-corrected chi connectivity index (χ0v) is 18.1. The predicted molar refractivity (Wildman–Crippen MR) is 110 cm³/mol. The van der Waals surface area contributed by atoms with Crippen molar-refractivity contribution in [2.45, 2.75) is 90.4 Å². The first-order chi connectivity index (χ1) is 13.6. The van der Waals surface area contributed by atoms with Gasteiger partial charge in [-0.25, -0.2) is 0 Å². The van der Waals surface area contributed by atoms with E-state index in [2.05, 4.69) is 20.8 Å². The van der Waals surface area contributed by atoms with Gasteiger partial charge in [-0.05, 0) is 85.4 Å². The summed E-state index contributed by atoms with van der Waals surface area (Å²) in [6, 6.07) is 0.